The summed E-state index contributed by atoms with van der Waals surface area (Å²) in [5.74, 6) is -0.109. The van der Waals surface area contributed by atoms with Crippen LogP contribution in [0.15, 0.2) is 71.7 Å². The van der Waals surface area contributed by atoms with Gasteiger partial charge in [0.05, 0.1) is 0 Å². The van der Waals surface area contributed by atoms with Crippen molar-refractivity contribution in [1.29, 1.82) is 0 Å². The highest BCUT2D eigenvalue weighted by Crippen LogP contribution is 2.45. The van der Waals surface area contributed by atoms with Gasteiger partial charge in [0.2, 0.25) is 0 Å². The molecule has 3 aromatic rings. The fraction of sp³-hybridized carbons (Fsp3) is 0.286. The van der Waals surface area contributed by atoms with E-state index >= 15 is 0 Å². The van der Waals surface area contributed by atoms with Crippen LogP contribution in [-0.2, 0) is 10.3 Å². The zero-order chi connectivity index (χ0) is 25.4. The van der Waals surface area contributed by atoms with Gasteiger partial charge in [0, 0.05) is 37.3 Å². The summed E-state index contributed by atoms with van der Waals surface area (Å²) >= 11 is 6.08. The first-order valence-corrected chi connectivity index (χ1v) is 12.4. The number of nitrogens with two attached hydrogens (primary N) is 1. The van der Waals surface area contributed by atoms with Crippen molar-refractivity contribution in [2.45, 2.75) is 25.3 Å². The van der Waals surface area contributed by atoms with Crippen LogP contribution in [0.1, 0.15) is 34.5 Å². The largest absolute Gasteiger partial charge is 0.369 e. The first kappa shape index (κ1) is 24.0. The zero-order valence-corrected chi connectivity index (χ0v) is 21.1. The van der Waals surface area contributed by atoms with Crippen molar-refractivity contribution >= 4 is 29.4 Å². The number of piperidine rings is 1. The van der Waals surface area contributed by atoms with E-state index in [1.54, 1.807) is 19.2 Å². The summed E-state index contributed by atoms with van der Waals surface area (Å²) in [6, 6.07) is 21.4. The summed E-state index contributed by atoms with van der Waals surface area (Å²) in [5, 5.41) is 0.301. The van der Waals surface area contributed by atoms with E-state index < -0.39 is 5.54 Å². The molecule has 2 amide bonds. The second-order valence-electron chi connectivity index (χ2n) is 9.43. The molecule has 5 rings (SSSR count). The van der Waals surface area contributed by atoms with Crippen LogP contribution < -0.4 is 5.73 Å². The molecule has 2 N–H and O–H groups in total. The topological polar surface area (TPSA) is 91.9 Å². The first-order chi connectivity index (χ1) is 17.3. The Morgan fingerprint density at radius 2 is 1.72 bits per heavy atom. The van der Waals surface area contributed by atoms with E-state index in [2.05, 4.69) is 4.98 Å². The smallest absolute Gasteiger partial charge is 0.261 e. The lowest BCUT2D eigenvalue weighted by molar-refractivity contribution is -0.133. The third kappa shape index (κ3) is 4.13. The van der Waals surface area contributed by atoms with E-state index in [-0.39, 0.29) is 23.7 Å². The molecule has 3 heterocycles. The van der Waals surface area contributed by atoms with Gasteiger partial charge in [-0.05, 0) is 54.7 Å². The first-order valence-electron chi connectivity index (χ1n) is 12.0. The van der Waals surface area contributed by atoms with Gasteiger partial charge < -0.3 is 10.6 Å². The van der Waals surface area contributed by atoms with Crippen molar-refractivity contribution < 1.29 is 9.59 Å². The van der Waals surface area contributed by atoms with Gasteiger partial charge >= 0.3 is 0 Å². The van der Waals surface area contributed by atoms with Crippen molar-refractivity contribution in [3.05, 3.63) is 88.7 Å². The number of benzene rings is 2. The van der Waals surface area contributed by atoms with E-state index in [1.165, 1.54) is 4.90 Å². The number of amides is 2. The Bertz CT molecular complexity index is 1330. The number of aryl methyl sites for hydroxylation is 1. The van der Waals surface area contributed by atoms with Crippen molar-refractivity contribution in [2.75, 3.05) is 20.1 Å². The van der Waals surface area contributed by atoms with Crippen LogP contribution in [0.25, 0.3) is 11.1 Å². The summed E-state index contributed by atoms with van der Waals surface area (Å²) in [7, 11) is 1.66. The van der Waals surface area contributed by atoms with E-state index in [0.717, 1.165) is 16.7 Å². The number of aromatic nitrogens is 1. The summed E-state index contributed by atoms with van der Waals surface area (Å²) in [6.45, 7) is 2.83. The van der Waals surface area contributed by atoms with Crippen LogP contribution >= 0.6 is 11.6 Å². The highest BCUT2D eigenvalue weighted by Gasteiger charge is 2.54. The highest BCUT2D eigenvalue weighted by atomic mass is 35.5. The van der Waals surface area contributed by atoms with Gasteiger partial charge in [0.25, 0.3) is 11.8 Å². The number of guanidine groups is 1. The molecule has 0 bridgehead atoms. The molecule has 36 heavy (non-hydrogen) atoms. The van der Waals surface area contributed by atoms with E-state index in [0.29, 0.717) is 42.3 Å². The van der Waals surface area contributed by atoms with Crippen molar-refractivity contribution in [3.8, 4) is 11.1 Å². The molecule has 7 nitrogen and oxygen atoms in total. The monoisotopic (exact) mass is 501 g/mol. The maximum Gasteiger partial charge on any atom is 0.261 e. The molecule has 0 radical (unpaired) electrons. The van der Waals surface area contributed by atoms with E-state index in [1.807, 2.05) is 66.4 Å². The second kappa shape index (κ2) is 9.39. The van der Waals surface area contributed by atoms with Gasteiger partial charge in [-0.1, -0.05) is 60.1 Å². The number of hydrogen-bond acceptors (Lipinski definition) is 5. The second-order valence-corrected chi connectivity index (χ2v) is 9.82. The molecular formula is C28H28ClN5O2. The number of carbonyl (C=O) groups is 2. The maximum atomic E-state index is 13.7. The Labute approximate surface area is 215 Å². The fourth-order valence-electron chi connectivity index (χ4n) is 5.35. The lowest BCUT2D eigenvalue weighted by atomic mass is 9.72. The molecule has 0 saturated carbocycles. The number of halogens is 1. The lowest BCUT2D eigenvalue weighted by Crippen LogP contribution is -2.49. The number of likely N-dealkylation sites (tertiary alicyclic amines) is 1. The van der Waals surface area contributed by atoms with Crippen molar-refractivity contribution in [2.24, 2.45) is 16.6 Å². The molecule has 2 aromatic carbocycles. The van der Waals surface area contributed by atoms with Gasteiger partial charge in [0.1, 0.15) is 5.15 Å². The quantitative estimate of drug-likeness (QED) is 0.541. The van der Waals surface area contributed by atoms with Crippen LogP contribution in [0.5, 0.6) is 0 Å². The zero-order valence-electron chi connectivity index (χ0n) is 20.3. The van der Waals surface area contributed by atoms with Gasteiger partial charge in [0.15, 0.2) is 11.5 Å². The standard InChI is InChI=1S/C28H28ClN5O2/c1-18-15-21(17-24(29)31-18)25(35)34-13-11-22(12-14-34)28(26(36)33(2)27(30)32-28)23-10-6-9-20(16-23)19-7-4-3-5-8-19/h3-10,15-17,22H,11-14H2,1-2H3,(H2,30,32). The van der Waals surface area contributed by atoms with Gasteiger partial charge in [-0.25, -0.2) is 9.98 Å². The van der Waals surface area contributed by atoms with E-state index in [9.17, 15) is 9.59 Å². The third-order valence-corrected chi connectivity index (χ3v) is 7.41. The Kier molecular flexibility index (Phi) is 6.26. The molecule has 2 aliphatic heterocycles. The van der Waals surface area contributed by atoms with Crippen LogP contribution in [0, 0.1) is 12.8 Å². The SMILES string of the molecule is Cc1cc(C(=O)N2CCC(C3(c4cccc(-c5ccccc5)c4)N=C(N)N(C)C3=O)CC2)cc(Cl)n1. The Morgan fingerprint density at radius 3 is 2.36 bits per heavy atom. The lowest BCUT2D eigenvalue weighted by Gasteiger charge is -2.40. The number of nitrogens with zero attached hydrogens (tertiary/aromatic N) is 4. The molecule has 1 atom stereocenters. The average molecular weight is 502 g/mol. The summed E-state index contributed by atoms with van der Waals surface area (Å²) in [5.41, 5.74) is 9.20. The minimum atomic E-state index is -1.12. The number of hydrogen-bond donors (Lipinski definition) is 1. The molecule has 0 aliphatic carbocycles. The summed E-state index contributed by atoms with van der Waals surface area (Å²) in [4.78, 5) is 39.1. The van der Waals surface area contributed by atoms with Gasteiger partial charge in [-0.3, -0.25) is 14.5 Å². The molecule has 1 saturated heterocycles. The van der Waals surface area contributed by atoms with Gasteiger partial charge in [-0.2, -0.15) is 0 Å². The molecule has 2 aliphatic rings. The summed E-state index contributed by atoms with van der Waals surface area (Å²) < 4.78 is 0. The molecular weight excluding hydrogens is 474 g/mol. The van der Waals surface area contributed by atoms with Crippen molar-refractivity contribution in [3.63, 3.8) is 0 Å². The predicted octanol–water partition coefficient (Wildman–Crippen LogP) is 4.24. The number of carbonyl (C=O) groups excluding carboxylic acids is 2. The number of pyridine rings is 1. The van der Waals surface area contributed by atoms with Crippen LogP contribution in [0.4, 0.5) is 0 Å². The Morgan fingerprint density at radius 1 is 1.03 bits per heavy atom. The average Bonchev–Trinajstić information content (AvgIpc) is 3.13. The highest BCUT2D eigenvalue weighted by molar-refractivity contribution is 6.29. The van der Waals surface area contributed by atoms with Crippen molar-refractivity contribution in [1.82, 2.24) is 14.8 Å². The van der Waals surface area contributed by atoms with Gasteiger partial charge in [-0.15, -0.1) is 0 Å². The molecule has 1 unspecified atom stereocenters. The number of aliphatic imine (C=N–C) groups is 1. The minimum Gasteiger partial charge on any atom is -0.369 e. The normalized spacial score (nSPS) is 20.5. The number of rotatable bonds is 4. The summed E-state index contributed by atoms with van der Waals surface area (Å²) in [6.07, 6.45) is 1.24. The van der Waals surface area contributed by atoms with E-state index in [4.69, 9.17) is 22.3 Å². The third-order valence-electron chi connectivity index (χ3n) is 7.22. The minimum absolute atomic E-state index is 0.0844. The molecule has 1 fully saturated rings. The Hall–Kier alpha value is -3.71. The molecule has 184 valence electrons. The Balaban J connectivity index is 1.46. The maximum absolute atomic E-state index is 13.7. The number of likely N-dealkylation sites (N-methyl/N-ethyl adjacent to an activating group) is 1. The van der Waals surface area contributed by atoms with Crippen LogP contribution in [0.2, 0.25) is 5.15 Å². The predicted molar refractivity (Wildman–Crippen MR) is 141 cm³/mol. The molecule has 8 heteroatoms. The van der Waals surface area contributed by atoms with Crippen LogP contribution in [-0.4, -0.2) is 52.7 Å². The van der Waals surface area contributed by atoms with Crippen LogP contribution in [0.3, 0.4) is 0 Å². The molecule has 0 spiro atoms. The molecule has 1 aromatic heterocycles. The fourth-order valence-corrected chi connectivity index (χ4v) is 5.60.